The van der Waals surface area contributed by atoms with Gasteiger partial charge in [0.15, 0.2) is 0 Å². The van der Waals surface area contributed by atoms with Crippen molar-refractivity contribution >= 4 is 29.8 Å². The van der Waals surface area contributed by atoms with Gasteiger partial charge in [0.2, 0.25) is 5.88 Å². The number of nitrogens with one attached hydrogen (secondary N) is 1. The number of ether oxygens (including phenoxy) is 1. The van der Waals surface area contributed by atoms with E-state index in [4.69, 9.17) is 16.3 Å². The average molecular weight is 433 g/mol. The van der Waals surface area contributed by atoms with Gasteiger partial charge in [0.05, 0.1) is 12.1 Å². The Morgan fingerprint density at radius 3 is 2.41 bits per heavy atom. The molecule has 2 aromatic rings. The summed E-state index contributed by atoms with van der Waals surface area (Å²) in [4.78, 5) is 11.1. The fourth-order valence-electron chi connectivity index (χ4n) is 1.95. The summed E-state index contributed by atoms with van der Waals surface area (Å²) in [6.45, 7) is 3.16. The van der Waals surface area contributed by atoms with Crippen molar-refractivity contribution in [1.82, 2.24) is 15.0 Å². The Morgan fingerprint density at radius 1 is 1.22 bits per heavy atom. The van der Waals surface area contributed by atoms with Gasteiger partial charge in [0, 0.05) is 12.3 Å². The van der Waals surface area contributed by atoms with Crippen LogP contribution in [0.5, 0.6) is 5.88 Å². The number of hydrogen-bond donors (Lipinski definition) is 1. The first-order chi connectivity index (χ1) is 12.1. The average Bonchev–Trinajstić information content (AvgIpc) is 2.54. The molecule has 12 heteroatoms. The lowest BCUT2D eigenvalue weighted by atomic mass is 10.3. The highest BCUT2D eigenvalue weighted by atomic mass is 35.5. The number of pyridine rings is 1. The van der Waals surface area contributed by atoms with E-state index in [9.17, 15) is 22.0 Å². The Balaban J connectivity index is 0.00000364. The number of halogens is 7. The van der Waals surface area contributed by atoms with Gasteiger partial charge in [-0.05, 0) is 19.9 Å². The minimum Gasteiger partial charge on any atom is -0.473 e. The molecule has 1 atom stereocenters. The zero-order valence-corrected chi connectivity index (χ0v) is 15.6. The third-order valence-electron chi connectivity index (χ3n) is 3.14. The van der Waals surface area contributed by atoms with E-state index in [1.807, 2.05) is 0 Å². The predicted molar refractivity (Wildman–Crippen MR) is 91.8 cm³/mol. The summed E-state index contributed by atoms with van der Waals surface area (Å²) >= 11 is 5.85. The molecule has 0 aliphatic carbocycles. The molecule has 0 spiro atoms. The maximum Gasteiger partial charge on any atom is 0.417 e. The lowest BCUT2D eigenvalue weighted by molar-refractivity contribution is -0.137. The number of aromatic nitrogens is 3. The number of rotatable bonds is 6. The number of hydrogen-bond acceptors (Lipinski definition) is 5. The molecule has 0 saturated carbocycles. The highest BCUT2D eigenvalue weighted by Crippen LogP contribution is 2.31. The molecule has 0 amide bonds. The Hall–Kier alpha value is -1.94. The van der Waals surface area contributed by atoms with Crippen LogP contribution in [0.2, 0.25) is 5.02 Å². The molecule has 2 aromatic heterocycles. The first kappa shape index (κ1) is 23.1. The molecule has 0 saturated heterocycles. The molecule has 0 fully saturated rings. The van der Waals surface area contributed by atoms with Crippen molar-refractivity contribution in [2.75, 3.05) is 11.9 Å². The molecule has 150 valence electrons. The second kappa shape index (κ2) is 9.32. The zero-order valence-electron chi connectivity index (χ0n) is 14.0. The molecule has 0 aliphatic rings. The van der Waals surface area contributed by atoms with Crippen LogP contribution < -0.4 is 10.1 Å². The van der Waals surface area contributed by atoms with E-state index in [0.29, 0.717) is 6.20 Å². The second-order valence-electron chi connectivity index (χ2n) is 5.31. The van der Waals surface area contributed by atoms with Crippen LogP contribution in [0.4, 0.5) is 27.8 Å². The fourth-order valence-corrected chi connectivity index (χ4v) is 2.18. The molecule has 0 bridgehead atoms. The second-order valence-corrected chi connectivity index (χ2v) is 5.69. The summed E-state index contributed by atoms with van der Waals surface area (Å²) < 4.78 is 68.6. The lowest BCUT2D eigenvalue weighted by Crippen LogP contribution is -2.24. The molecule has 0 radical (unpaired) electrons. The topological polar surface area (TPSA) is 59.9 Å². The van der Waals surface area contributed by atoms with Crippen molar-refractivity contribution < 1.29 is 26.7 Å². The fraction of sp³-hybridized carbons (Fsp3) is 0.400. The van der Waals surface area contributed by atoms with E-state index in [1.165, 1.54) is 6.92 Å². The van der Waals surface area contributed by atoms with Gasteiger partial charge in [-0.2, -0.15) is 13.2 Å². The van der Waals surface area contributed by atoms with E-state index in [0.717, 1.165) is 12.1 Å². The third kappa shape index (κ3) is 6.31. The Morgan fingerprint density at radius 2 is 1.89 bits per heavy atom. The minimum absolute atomic E-state index is 0. The van der Waals surface area contributed by atoms with Gasteiger partial charge in [-0.3, -0.25) is 0 Å². The molecule has 2 heterocycles. The first-order valence-corrected chi connectivity index (χ1v) is 7.71. The van der Waals surface area contributed by atoms with Crippen LogP contribution in [0.25, 0.3) is 0 Å². The molecule has 27 heavy (non-hydrogen) atoms. The standard InChI is InChI=1S/C15H14ClF5N4O.ClH/c1-7(26-10-4-3-9(6-22-10)15(19,20)21)5-23-14-11(16)12(13(17)18)24-8(2)25-14;/h3-4,6-7,13H,5H2,1-2H3,(H,23,24,25);1H/t7-;/m1./s1. The smallest absolute Gasteiger partial charge is 0.417 e. The van der Waals surface area contributed by atoms with E-state index in [1.54, 1.807) is 6.92 Å². The summed E-state index contributed by atoms with van der Waals surface area (Å²) in [5.74, 6) is 0.126. The highest BCUT2D eigenvalue weighted by Gasteiger charge is 2.30. The Labute approximate surface area is 162 Å². The van der Waals surface area contributed by atoms with Crippen molar-refractivity contribution in [3.8, 4) is 5.88 Å². The van der Waals surface area contributed by atoms with Gasteiger partial charge in [0.1, 0.15) is 28.5 Å². The molecule has 2 rings (SSSR count). The summed E-state index contributed by atoms with van der Waals surface area (Å²) in [6.07, 6.45) is -7.23. The largest absolute Gasteiger partial charge is 0.473 e. The molecule has 1 N–H and O–H groups in total. The predicted octanol–water partition coefficient (Wildman–Crippen LogP) is 5.09. The maximum atomic E-state index is 12.9. The zero-order chi connectivity index (χ0) is 19.5. The molecular weight excluding hydrogens is 418 g/mol. The van der Waals surface area contributed by atoms with E-state index in [2.05, 4.69) is 20.3 Å². The third-order valence-corrected chi connectivity index (χ3v) is 3.51. The van der Waals surface area contributed by atoms with Crippen molar-refractivity contribution in [2.24, 2.45) is 0 Å². The normalized spacial score (nSPS) is 12.5. The summed E-state index contributed by atoms with van der Waals surface area (Å²) in [5, 5.41) is 2.46. The highest BCUT2D eigenvalue weighted by molar-refractivity contribution is 6.33. The maximum absolute atomic E-state index is 12.9. The van der Waals surface area contributed by atoms with Crippen molar-refractivity contribution in [3.05, 3.63) is 40.4 Å². The van der Waals surface area contributed by atoms with Crippen molar-refractivity contribution in [1.29, 1.82) is 0 Å². The first-order valence-electron chi connectivity index (χ1n) is 7.34. The Bertz CT molecular complexity index is 759. The number of nitrogens with zero attached hydrogens (tertiary/aromatic N) is 3. The summed E-state index contributed by atoms with van der Waals surface area (Å²) in [6, 6.07) is 1.94. The summed E-state index contributed by atoms with van der Waals surface area (Å²) in [5.41, 5.74) is -1.47. The number of anilines is 1. The van der Waals surface area contributed by atoms with Gasteiger partial charge >= 0.3 is 6.18 Å². The molecule has 5 nitrogen and oxygen atoms in total. The van der Waals surface area contributed by atoms with Crippen LogP contribution in [0.15, 0.2) is 18.3 Å². The van der Waals surface area contributed by atoms with Gasteiger partial charge in [0.25, 0.3) is 6.43 Å². The minimum atomic E-state index is -4.48. The number of alkyl halides is 5. The van der Waals surface area contributed by atoms with Crippen molar-refractivity contribution in [3.63, 3.8) is 0 Å². The van der Waals surface area contributed by atoms with Crippen LogP contribution in [0, 0.1) is 6.92 Å². The molecule has 0 aromatic carbocycles. The number of aryl methyl sites for hydroxylation is 1. The van der Waals surface area contributed by atoms with Crippen LogP contribution in [0.3, 0.4) is 0 Å². The molecule has 0 unspecified atom stereocenters. The van der Waals surface area contributed by atoms with Gasteiger partial charge < -0.3 is 10.1 Å². The van der Waals surface area contributed by atoms with Crippen LogP contribution >= 0.6 is 24.0 Å². The van der Waals surface area contributed by atoms with E-state index < -0.39 is 30.0 Å². The lowest BCUT2D eigenvalue weighted by Gasteiger charge is -2.17. The molecule has 0 aliphatic heterocycles. The molecular formula is C15H15Cl2F5N4O. The van der Waals surface area contributed by atoms with Crippen LogP contribution in [-0.4, -0.2) is 27.6 Å². The van der Waals surface area contributed by atoms with Gasteiger partial charge in [-0.15, -0.1) is 12.4 Å². The van der Waals surface area contributed by atoms with Crippen molar-refractivity contribution in [2.45, 2.75) is 32.6 Å². The van der Waals surface area contributed by atoms with E-state index in [-0.39, 0.29) is 41.5 Å². The van der Waals surface area contributed by atoms with Gasteiger partial charge in [-0.1, -0.05) is 11.6 Å². The summed E-state index contributed by atoms with van der Waals surface area (Å²) in [7, 11) is 0. The van der Waals surface area contributed by atoms with Gasteiger partial charge in [-0.25, -0.2) is 23.7 Å². The SMILES string of the molecule is Cc1nc(NC[C@@H](C)Oc2ccc(C(F)(F)F)cn2)c(Cl)c(C(F)F)n1.Cl. The Kier molecular flexibility index (Phi) is 7.97. The van der Waals surface area contributed by atoms with Crippen LogP contribution in [0.1, 0.15) is 30.4 Å². The van der Waals surface area contributed by atoms with E-state index >= 15 is 0 Å². The monoisotopic (exact) mass is 432 g/mol. The quantitative estimate of drug-likeness (QED) is 0.644. The van der Waals surface area contributed by atoms with Crippen LogP contribution in [-0.2, 0) is 6.18 Å².